The zero-order valence-corrected chi connectivity index (χ0v) is 19.1. The van der Waals surface area contributed by atoms with Crippen molar-refractivity contribution in [2.75, 3.05) is 7.05 Å². The second-order valence-electron chi connectivity index (χ2n) is 9.20. The van der Waals surface area contributed by atoms with Crippen molar-refractivity contribution in [1.29, 1.82) is 5.26 Å². The van der Waals surface area contributed by atoms with Gasteiger partial charge >= 0.3 is 0 Å². The van der Waals surface area contributed by atoms with Gasteiger partial charge in [0.2, 0.25) is 5.91 Å². The van der Waals surface area contributed by atoms with E-state index >= 15 is 0 Å². The van der Waals surface area contributed by atoms with Gasteiger partial charge in [-0.15, -0.1) is 0 Å². The largest absolute Gasteiger partial charge is 0.508 e. The topological polar surface area (TPSA) is 116 Å². The summed E-state index contributed by atoms with van der Waals surface area (Å²) in [5.74, 6) is 0.0599. The lowest BCUT2D eigenvalue weighted by Gasteiger charge is -2.41. The van der Waals surface area contributed by atoms with Crippen LogP contribution in [0, 0.1) is 11.3 Å². The summed E-state index contributed by atoms with van der Waals surface area (Å²) in [5, 5.41) is 19.3. The molecule has 7 nitrogen and oxygen atoms in total. The van der Waals surface area contributed by atoms with Gasteiger partial charge in [0.25, 0.3) is 0 Å². The minimum absolute atomic E-state index is 0.0159. The minimum atomic E-state index is -0.971. The van der Waals surface area contributed by atoms with Gasteiger partial charge in [-0.3, -0.25) is 14.7 Å². The van der Waals surface area contributed by atoms with Gasteiger partial charge in [-0.1, -0.05) is 24.3 Å². The standard InChI is InChI=1S/C27H25N5O2/c1-27(21-9-10-30-23(14-21)20-11-16(15-28)12-22(33)13-20)24(25(34)32(2)26(29)31-27)19-7-5-18(6-8-19)17-3-4-17/h5-14,17,24,33H,3-4H2,1-2H3,(H2,29,31)/t24-,27?/m0/s1. The predicted octanol–water partition coefficient (Wildman–Crippen LogP) is 3.99. The number of nitrogens with zero attached hydrogens (tertiary/aromatic N) is 4. The maximum atomic E-state index is 13.5. The molecule has 0 saturated heterocycles. The lowest BCUT2D eigenvalue weighted by molar-refractivity contribution is -0.130. The van der Waals surface area contributed by atoms with Gasteiger partial charge in [-0.05, 0) is 72.7 Å². The van der Waals surface area contributed by atoms with E-state index in [0.717, 1.165) is 11.1 Å². The first-order chi connectivity index (χ1) is 16.3. The van der Waals surface area contributed by atoms with E-state index in [0.29, 0.717) is 22.7 Å². The Bertz CT molecular complexity index is 1350. The first-order valence-electron chi connectivity index (χ1n) is 11.2. The van der Waals surface area contributed by atoms with Crippen LogP contribution in [0.5, 0.6) is 5.75 Å². The van der Waals surface area contributed by atoms with Crippen molar-refractivity contribution < 1.29 is 9.90 Å². The summed E-state index contributed by atoms with van der Waals surface area (Å²) in [4.78, 5) is 24.2. The average molecular weight is 452 g/mol. The minimum Gasteiger partial charge on any atom is -0.508 e. The molecule has 1 amide bonds. The van der Waals surface area contributed by atoms with E-state index in [2.05, 4.69) is 17.1 Å². The van der Waals surface area contributed by atoms with E-state index in [4.69, 9.17) is 10.7 Å². The maximum absolute atomic E-state index is 13.5. The number of guanidine groups is 1. The number of aromatic hydroxyl groups is 1. The monoisotopic (exact) mass is 451 g/mol. The molecular weight excluding hydrogens is 426 g/mol. The number of likely N-dealkylation sites (N-methyl/N-ethyl adjacent to an activating group) is 1. The van der Waals surface area contributed by atoms with E-state index in [1.165, 1.54) is 29.4 Å². The molecule has 7 heteroatoms. The van der Waals surface area contributed by atoms with E-state index in [9.17, 15) is 15.2 Å². The van der Waals surface area contributed by atoms with E-state index in [1.807, 2.05) is 37.3 Å². The number of aliphatic imine (C=N–C) groups is 1. The molecule has 2 aliphatic rings. The number of rotatable bonds is 4. The Morgan fingerprint density at radius 1 is 1.12 bits per heavy atom. The molecule has 1 unspecified atom stereocenters. The highest BCUT2D eigenvalue weighted by molar-refractivity contribution is 6.02. The molecule has 3 aromatic rings. The molecule has 0 radical (unpaired) electrons. The molecule has 3 N–H and O–H groups in total. The SMILES string of the molecule is CN1C(=O)[C@H](c2ccc(C3CC3)cc2)C(C)(c2ccnc(-c3cc(O)cc(C#N)c3)c2)N=C1N. The van der Waals surface area contributed by atoms with Crippen molar-refractivity contribution >= 4 is 11.9 Å². The van der Waals surface area contributed by atoms with Crippen LogP contribution in [-0.4, -0.2) is 33.9 Å². The third-order valence-electron chi connectivity index (χ3n) is 6.84. The fourth-order valence-electron chi connectivity index (χ4n) is 4.73. The number of phenols is 1. The summed E-state index contributed by atoms with van der Waals surface area (Å²) >= 11 is 0. The number of amides is 1. The molecule has 170 valence electrons. The normalized spacial score (nSPS) is 22.3. The molecule has 5 rings (SSSR count). The number of phenolic OH excluding ortho intramolecular Hbond substituents is 1. The lowest BCUT2D eigenvalue weighted by atomic mass is 9.74. The highest BCUT2D eigenvalue weighted by atomic mass is 16.3. The Balaban J connectivity index is 1.62. The predicted molar refractivity (Wildman–Crippen MR) is 129 cm³/mol. The third-order valence-corrected chi connectivity index (χ3v) is 6.84. The molecule has 2 aromatic carbocycles. The average Bonchev–Trinajstić information content (AvgIpc) is 3.68. The summed E-state index contributed by atoms with van der Waals surface area (Å²) < 4.78 is 0. The molecule has 1 aliphatic carbocycles. The van der Waals surface area contributed by atoms with Gasteiger partial charge in [-0.2, -0.15) is 5.26 Å². The van der Waals surface area contributed by atoms with Gasteiger partial charge in [0.1, 0.15) is 11.3 Å². The van der Waals surface area contributed by atoms with Crippen LogP contribution in [0.25, 0.3) is 11.3 Å². The molecule has 0 spiro atoms. The molecule has 2 atom stereocenters. The number of pyridine rings is 1. The van der Waals surface area contributed by atoms with Crippen LogP contribution in [0.2, 0.25) is 0 Å². The van der Waals surface area contributed by atoms with Gasteiger partial charge in [0.15, 0.2) is 5.96 Å². The van der Waals surface area contributed by atoms with Gasteiger partial charge in [0.05, 0.1) is 23.2 Å². The summed E-state index contributed by atoms with van der Waals surface area (Å²) in [7, 11) is 1.64. The van der Waals surface area contributed by atoms with Crippen LogP contribution in [0.3, 0.4) is 0 Å². The number of aromatic nitrogens is 1. The second kappa shape index (κ2) is 7.99. The van der Waals surface area contributed by atoms with Gasteiger partial charge in [-0.25, -0.2) is 4.99 Å². The fourth-order valence-corrected chi connectivity index (χ4v) is 4.73. The van der Waals surface area contributed by atoms with Crippen molar-refractivity contribution in [2.45, 2.75) is 37.1 Å². The van der Waals surface area contributed by atoms with Crippen molar-refractivity contribution in [1.82, 2.24) is 9.88 Å². The summed E-state index contributed by atoms with van der Waals surface area (Å²) in [6, 6.07) is 18.6. The number of nitriles is 1. The number of carbonyl (C=O) groups excluding carboxylic acids is 1. The molecule has 1 saturated carbocycles. The van der Waals surface area contributed by atoms with Crippen LogP contribution in [0.4, 0.5) is 0 Å². The number of nitrogens with two attached hydrogens (primary N) is 1. The van der Waals surface area contributed by atoms with E-state index in [-0.39, 0.29) is 17.6 Å². The number of carbonyl (C=O) groups is 1. The third kappa shape index (κ3) is 3.67. The van der Waals surface area contributed by atoms with Gasteiger partial charge in [0, 0.05) is 18.8 Å². The van der Waals surface area contributed by atoms with Crippen LogP contribution in [0.15, 0.2) is 65.8 Å². The van der Waals surface area contributed by atoms with Crippen LogP contribution >= 0.6 is 0 Å². The molecule has 2 heterocycles. The Kier molecular flexibility index (Phi) is 5.09. The first kappa shape index (κ1) is 21.7. The number of hydrogen-bond donors (Lipinski definition) is 2. The van der Waals surface area contributed by atoms with Crippen LogP contribution in [0.1, 0.15) is 53.9 Å². The first-order valence-corrected chi connectivity index (χ1v) is 11.2. The molecule has 1 fully saturated rings. The van der Waals surface area contributed by atoms with Crippen LogP contribution in [-0.2, 0) is 10.3 Å². The Morgan fingerprint density at radius 2 is 1.82 bits per heavy atom. The van der Waals surface area contributed by atoms with Crippen molar-refractivity contribution in [3.05, 3.63) is 83.0 Å². The van der Waals surface area contributed by atoms with Crippen LogP contribution < -0.4 is 5.73 Å². The van der Waals surface area contributed by atoms with Crippen molar-refractivity contribution in [3.63, 3.8) is 0 Å². The van der Waals surface area contributed by atoms with E-state index < -0.39 is 11.5 Å². The summed E-state index contributed by atoms with van der Waals surface area (Å²) in [6.07, 6.45) is 4.07. The van der Waals surface area contributed by atoms with Crippen molar-refractivity contribution in [2.24, 2.45) is 10.7 Å². The molecular formula is C27H25N5O2. The number of hydrogen-bond acceptors (Lipinski definition) is 6. The quantitative estimate of drug-likeness (QED) is 0.622. The zero-order chi connectivity index (χ0) is 24.0. The Morgan fingerprint density at radius 3 is 2.50 bits per heavy atom. The Hall–Kier alpha value is -4.18. The van der Waals surface area contributed by atoms with Gasteiger partial charge < -0.3 is 10.8 Å². The second-order valence-corrected chi connectivity index (χ2v) is 9.20. The highest BCUT2D eigenvalue weighted by Crippen LogP contribution is 2.46. The molecule has 0 bridgehead atoms. The molecule has 1 aliphatic heterocycles. The summed E-state index contributed by atoms with van der Waals surface area (Å²) in [6.45, 7) is 1.91. The molecule has 34 heavy (non-hydrogen) atoms. The zero-order valence-electron chi connectivity index (χ0n) is 19.1. The highest BCUT2D eigenvalue weighted by Gasteiger charge is 2.47. The van der Waals surface area contributed by atoms with E-state index in [1.54, 1.807) is 25.4 Å². The fraction of sp³-hybridized carbons (Fsp3) is 0.259. The smallest absolute Gasteiger partial charge is 0.239 e. The Labute approximate surface area is 198 Å². The number of benzene rings is 2. The van der Waals surface area contributed by atoms with Crippen molar-refractivity contribution in [3.8, 4) is 23.1 Å². The molecule has 1 aromatic heterocycles. The maximum Gasteiger partial charge on any atom is 0.239 e. The summed E-state index contributed by atoms with van der Waals surface area (Å²) in [5.41, 5.74) is 9.64. The lowest BCUT2D eigenvalue weighted by Crippen LogP contribution is -2.52.